The van der Waals surface area contributed by atoms with E-state index in [4.69, 9.17) is 0 Å². The molecule has 2 nitrogen and oxygen atoms in total. The minimum absolute atomic E-state index is 0.0114. The van der Waals surface area contributed by atoms with E-state index in [-0.39, 0.29) is 11.8 Å². The SMILES string of the molecule is CC(F)(F)CNC(=O)C1CC1. The van der Waals surface area contributed by atoms with Crippen LogP contribution >= 0.6 is 0 Å². The van der Waals surface area contributed by atoms with Gasteiger partial charge in [0.25, 0.3) is 5.92 Å². The summed E-state index contributed by atoms with van der Waals surface area (Å²) < 4.78 is 24.3. The number of alkyl halides is 2. The number of amides is 1. The number of carbonyl (C=O) groups is 1. The Morgan fingerprint density at radius 3 is 2.55 bits per heavy atom. The first kappa shape index (κ1) is 8.43. The molecular formula is C7H11F2NO. The van der Waals surface area contributed by atoms with Gasteiger partial charge in [0.15, 0.2) is 0 Å². The highest BCUT2D eigenvalue weighted by Crippen LogP contribution is 2.28. The Balaban J connectivity index is 2.16. The summed E-state index contributed by atoms with van der Waals surface area (Å²) in [4.78, 5) is 10.8. The van der Waals surface area contributed by atoms with Crippen LogP contribution in [0.3, 0.4) is 0 Å². The first-order valence-corrected chi connectivity index (χ1v) is 3.64. The molecule has 0 aromatic carbocycles. The molecule has 0 aliphatic heterocycles. The lowest BCUT2D eigenvalue weighted by molar-refractivity contribution is -0.123. The molecule has 0 saturated heterocycles. The molecule has 1 aliphatic carbocycles. The predicted molar refractivity (Wildman–Crippen MR) is 36.4 cm³/mol. The summed E-state index contributed by atoms with van der Waals surface area (Å²) in [6.07, 6.45) is 1.70. The predicted octanol–water partition coefficient (Wildman–Crippen LogP) is 1.17. The average molecular weight is 163 g/mol. The van der Waals surface area contributed by atoms with Gasteiger partial charge in [-0.3, -0.25) is 4.79 Å². The van der Waals surface area contributed by atoms with Gasteiger partial charge in [0, 0.05) is 12.8 Å². The number of hydrogen-bond acceptors (Lipinski definition) is 1. The second kappa shape index (κ2) is 2.75. The lowest BCUT2D eigenvalue weighted by Crippen LogP contribution is -2.35. The van der Waals surface area contributed by atoms with Gasteiger partial charge in [0.2, 0.25) is 5.91 Å². The van der Waals surface area contributed by atoms with Crippen molar-refractivity contribution in [3.63, 3.8) is 0 Å². The highest BCUT2D eigenvalue weighted by Gasteiger charge is 2.31. The van der Waals surface area contributed by atoms with E-state index in [0.29, 0.717) is 0 Å². The van der Waals surface area contributed by atoms with Crippen LogP contribution in [-0.4, -0.2) is 18.4 Å². The summed E-state index contributed by atoms with van der Waals surface area (Å²) in [5.74, 6) is -3.01. The highest BCUT2D eigenvalue weighted by atomic mass is 19.3. The quantitative estimate of drug-likeness (QED) is 0.664. The Morgan fingerprint density at radius 1 is 1.64 bits per heavy atom. The first-order chi connectivity index (χ1) is 4.99. The number of nitrogens with one attached hydrogen (secondary N) is 1. The molecule has 11 heavy (non-hydrogen) atoms. The van der Waals surface area contributed by atoms with Crippen molar-refractivity contribution in [3.8, 4) is 0 Å². The van der Waals surface area contributed by atoms with Crippen LogP contribution < -0.4 is 5.32 Å². The van der Waals surface area contributed by atoms with Crippen LogP contribution in [-0.2, 0) is 4.79 Å². The third-order valence-corrected chi connectivity index (χ3v) is 1.52. The minimum atomic E-state index is -2.79. The van der Waals surface area contributed by atoms with Crippen LogP contribution in [0.4, 0.5) is 8.78 Å². The number of rotatable bonds is 3. The Bertz CT molecular complexity index is 160. The van der Waals surface area contributed by atoms with Crippen LogP contribution in [0.25, 0.3) is 0 Å². The topological polar surface area (TPSA) is 29.1 Å². The normalized spacial score (nSPS) is 18.1. The summed E-state index contributed by atoms with van der Waals surface area (Å²) in [5, 5.41) is 2.20. The van der Waals surface area contributed by atoms with Gasteiger partial charge < -0.3 is 5.32 Å². The zero-order valence-electron chi connectivity index (χ0n) is 6.36. The smallest absolute Gasteiger partial charge is 0.262 e. The Labute approximate surface area is 64.0 Å². The van der Waals surface area contributed by atoms with Gasteiger partial charge in [-0.1, -0.05) is 0 Å². The van der Waals surface area contributed by atoms with Crippen molar-refractivity contribution < 1.29 is 13.6 Å². The van der Waals surface area contributed by atoms with E-state index in [1.165, 1.54) is 0 Å². The van der Waals surface area contributed by atoms with Crippen LogP contribution in [0.2, 0.25) is 0 Å². The fraction of sp³-hybridized carbons (Fsp3) is 0.857. The van der Waals surface area contributed by atoms with Crippen molar-refractivity contribution in [1.29, 1.82) is 0 Å². The van der Waals surface area contributed by atoms with Crippen molar-refractivity contribution in [2.45, 2.75) is 25.7 Å². The lowest BCUT2D eigenvalue weighted by Gasteiger charge is -2.10. The van der Waals surface area contributed by atoms with Crippen LogP contribution in [0.1, 0.15) is 19.8 Å². The van der Waals surface area contributed by atoms with E-state index in [2.05, 4.69) is 5.32 Å². The van der Waals surface area contributed by atoms with E-state index >= 15 is 0 Å². The molecular weight excluding hydrogens is 152 g/mol. The maximum absolute atomic E-state index is 12.2. The van der Waals surface area contributed by atoms with Gasteiger partial charge in [-0.2, -0.15) is 0 Å². The standard InChI is InChI=1S/C7H11F2NO/c1-7(8,9)4-10-6(11)5-2-3-5/h5H,2-4H2,1H3,(H,10,11). The molecule has 1 amide bonds. The summed E-state index contributed by atoms with van der Waals surface area (Å²) in [6, 6.07) is 0. The van der Waals surface area contributed by atoms with E-state index in [1.807, 2.05) is 0 Å². The maximum atomic E-state index is 12.2. The molecule has 1 rings (SSSR count). The Morgan fingerprint density at radius 2 is 2.18 bits per heavy atom. The second-order valence-corrected chi connectivity index (χ2v) is 3.06. The summed E-state index contributed by atoms with van der Waals surface area (Å²) in [6.45, 7) is 0.252. The number of halogens is 2. The lowest BCUT2D eigenvalue weighted by atomic mass is 10.3. The molecule has 0 atom stereocenters. The molecule has 0 heterocycles. The number of carbonyl (C=O) groups excluding carboxylic acids is 1. The molecule has 64 valence electrons. The molecule has 4 heteroatoms. The van der Waals surface area contributed by atoms with Gasteiger partial charge in [0.05, 0.1) is 6.54 Å². The van der Waals surface area contributed by atoms with E-state index in [1.54, 1.807) is 0 Å². The third-order valence-electron chi connectivity index (χ3n) is 1.52. The van der Waals surface area contributed by atoms with Crippen LogP contribution in [0.5, 0.6) is 0 Å². The van der Waals surface area contributed by atoms with Crippen molar-refractivity contribution >= 4 is 5.91 Å². The van der Waals surface area contributed by atoms with Crippen molar-refractivity contribution in [1.82, 2.24) is 5.32 Å². The fourth-order valence-electron chi connectivity index (χ4n) is 0.732. The van der Waals surface area contributed by atoms with Gasteiger partial charge in [0.1, 0.15) is 0 Å². The fourth-order valence-corrected chi connectivity index (χ4v) is 0.732. The summed E-state index contributed by atoms with van der Waals surface area (Å²) in [5.41, 5.74) is 0. The van der Waals surface area contributed by atoms with Gasteiger partial charge in [-0.05, 0) is 12.8 Å². The molecule has 0 aromatic rings. The average Bonchev–Trinajstić information content (AvgIpc) is 2.61. The zero-order chi connectivity index (χ0) is 8.48. The molecule has 1 fully saturated rings. The van der Waals surface area contributed by atoms with Gasteiger partial charge in [-0.15, -0.1) is 0 Å². The Kier molecular flexibility index (Phi) is 2.11. The van der Waals surface area contributed by atoms with E-state index in [9.17, 15) is 13.6 Å². The van der Waals surface area contributed by atoms with Gasteiger partial charge in [-0.25, -0.2) is 8.78 Å². The van der Waals surface area contributed by atoms with Crippen LogP contribution in [0.15, 0.2) is 0 Å². The van der Waals surface area contributed by atoms with Crippen molar-refractivity contribution in [3.05, 3.63) is 0 Å². The number of hydrogen-bond donors (Lipinski definition) is 1. The molecule has 1 saturated carbocycles. The van der Waals surface area contributed by atoms with E-state index < -0.39 is 12.5 Å². The van der Waals surface area contributed by atoms with Gasteiger partial charge >= 0.3 is 0 Å². The van der Waals surface area contributed by atoms with Crippen LogP contribution in [0, 0.1) is 5.92 Å². The van der Waals surface area contributed by atoms with E-state index in [0.717, 1.165) is 19.8 Å². The highest BCUT2D eigenvalue weighted by molar-refractivity contribution is 5.80. The zero-order valence-corrected chi connectivity index (χ0v) is 6.36. The summed E-state index contributed by atoms with van der Waals surface area (Å²) >= 11 is 0. The van der Waals surface area contributed by atoms with Crippen molar-refractivity contribution in [2.75, 3.05) is 6.54 Å². The molecule has 0 bridgehead atoms. The third kappa shape index (κ3) is 3.30. The summed E-state index contributed by atoms with van der Waals surface area (Å²) in [7, 11) is 0. The molecule has 0 unspecified atom stereocenters. The van der Waals surface area contributed by atoms with Crippen molar-refractivity contribution in [2.24, 2.45) is 5.92 Å². The molecule has 0 aromatic heterocycles. The first-order valence-electron chi connectivity index (χ1n) is 3.64. The largest absolute Gasteiger partial charge is 0.350 e. The molecule has 0 radical (unpaired) electrons. The molecule has 1 N–H and O–H groups in total. The minimum Gasteiger partial charge on any atom is -0.350 e. The Hall–Kier alpha value is -0.670. The molecule has 0 spiro atoms. The maximum Gasteiger partial charge on any atom is 0.262 e. The molecule has 1 aliphatic rings. The monoisotopic (exact) mass is 163 g/mol. The second-order valence-electron chi connectivity index (χ2n) is 3.06.